The zero-order chi connectivity index (χ0) is 25.6. The first kappa shape index (κ1) is 23.3. The number of para-hydroxylation sites is 1. The molecule has 1 fully saturated rings. The molecule has 1 amide bonds. The van der Waals surface area contributed by atoms with Crippen LogP contribution in [-0.2, 0) is 6.18 Å². The number of ether oxygens (including phenoxy) is 1. The van der Waals surface area contributed by atoms with E-state index in [9.17, 15) is 28.1 Å². The molecule has 9 nitrogen and oxygen atoms in total. The summed E-state index contributed by atoms with van der Waals surface area (Å²) in [6.45, 7) is 1.80. The highest BCUT2D eigenvalue weighted by atomic mass is 19.4. The van der Waals surface area contributed by atoms with Gasteiger partial charge < -0.3 is 10.1 Å². The van der Waals surface area contributed by atoms with Crippen molar-refractivity contribution in [2.24, 2.45) is 0 Å². The van der Waals surface area contributed by atoms with Gasteiger partial charge in [-0.1, -0.05) is 18.2 Å². The number of halogens is 3. The number of anilines is 1. The molecule has 2 aromatic heterocycles. The fraction of sp³-hybridized carbons (Fsp3) is 0.208. The maximum Gasteiger partial charge on any atom is 0.433 e. The van der Waals surface area contributed by atoms with Crippen LogP contribution in [0.25, 0.3) is 5.65 Å². The number of amides is 1. The lowest BCUT2D eigenvalue weighted by molar-refractivity contribution is -0.384. The predicted molar refractivity (Wildman–Crippen MR) is 122 cm³/mol. The van der Waals surface area contributed by atoms with Gasteiger partial charge in [0.15, 0.2) is 5.65 Å². The van der Waals surface area contributed by atoms with Gasteiger partial charge in [-0.15, -0.1) is 0 Å². The molecule has 0 bridgehead atoms. The number of nitro benzene ring substituents is 1. The summed E-state index contributed by atoms with van der Waals surface area (Å²) in [5, 5.41) is 17.7. The van der Waals surface area contributed by atoms with Crippen molar-refractivity contribution in [1.82, 2.24) is 14.6 Å². The number of aromatic nitrogens is 3. The molecule has 184 valence electrons. The molecule has 0 atom stereocenters. The number of alkyl halides is 3. The summed E-state index contributed by atoms with van der Waals surface area (Å²) in [5.74, 6) is -0.350. The van der Waals surface area contributed by atoms with E-state index in [1.165, 1.54) is 12.1 Å². The van der Waals surface area contributed by atoms with E-state index in [1.54, 1.807) is 25.1 Å². The SMILES string of the molecule is Cc1ccccc1Oc1cc(NC(=O)c2cnn3c(C(F)(F)F)cc(C4CC4)nc23)cc([N+](=O)[O-])c1. The van der Waals surface area contributed by atoms with Crippen LogP contribution in [-0.4, -0.2) is 25.4 Å². The number of aryl methyl sites for hydroxylation is 1. The van der Waals surface area contributed by atoms with Crippen molar-refractivity contribution >= 4 is 22.9 Å². The molecular formula is C24H18F3N5O4. The number of nitrogens with one attached hydrogen (secondary N) is 1. The molecule has 0 spiro atoms. The van der Waals surface area contributed by atoms with Crippen LogP contribution < -0.4 is 10.1 Å². The largest absolute Gasteiger partial charge is 0.457 e. The van der Waals surface area contributed by atoms with Gasteiger partial charge in [0.05, 0.1) is 22.9 Å². The maximum absolute atomic E-state index is 13.6. The normalized spacial score (nSPS) is 13.6. The van der Waals surface area contributed by atoms with E-state index in [0.29, 0.717) is 23.1 Å². The number of benzene rings is 2. The van der Waals surface area contributed by atoms with Crippen LogP contribution in [0, 0.1) is 17.0 Å². The van der Waals surface area contributed by atoms with Crippen LogP contribution in [0.15, 0.2) is 54.7 Å². The van der Waals surface area contributed by atoms with Crippen molar-refractivity contribution in [3.63, 3.8) is 0 Å². The van der Waals surface area contributed by atoms with E-state index in [-0.39, 0.29) is 39.9 Å². The van der Waals surface area contributed by atoms with Crippen molar-refractivity contribution in [3.05, 3.63) is 87.4 Å². The van der Waals surface area contributed by atoms with Gasteiger partial charge in [0, 0.05) is 23.7 Å². The van der Waals surface area contributed by atoms with Crippen molar-refractivity contribution < 1.29 is 27.6 Å². The van der Waals surface area contributed by atoms with Crippen molar-refractivity contribution in [1.29, 1.82) is 0 Å². The summed E-state index contributed by atoms with van der Waals surface area (Å²) in [6.07, 6.45) is -2.28. The quantitative estimate of drug-likeness (QED) is 0.263. The van der Waals surface area contributed by atoms with Gasteiger partial charge in [0.25, 0.3) is 11.6 Å². The Morgan fingerprint density at radius 2 is 1.94 bits per heavy atom. The van der Waals surface area contributed by atoms with E-state index in [0.717, 1.165) is 23.9 Å². The Kier molecular flexibility index (Phi) is 5.58. The van der Waals surface area contributed by atoms with Crippen LogP contribution in [0.4, 0.5) is 24.5 Å². The molecule has 1 saturated carbocycles. The molecule has 36 heavy (non-hydrogen) atoms. The molecule has 0 radical (unpaired) electrons. The van der Waals surface area contributed by atoms with Gasteiger partial charge in [-0.25, -0.2) is 9.50 Å². The summed E-state index contributed by atoms with van der Waals surface area (Å²) in [6, 6.07) is 11.7. The zero-order valence-corrected chi connectivity index (χ0v) is 18.7. The monoisotopic (exact) mass is 497 g/mol. The number of carbonyl (C=O) groups excluding carboxylic acids is 1. The lowest BCUT2D eigenvalue weighted by Crippen LogP contribution is -2.16. The van der Waals surface area contributed by atoms with Gasteiger partial charge in [-0.2, -0.15) is 18.3 Å². The fourth-order valence-corrected chi connectivity index (χ4v) is 3.75. The first-order chi connectivity index (χ1) is 17.1. The summed E-state index contributed by atoms with van der Waals surface area (Å²) in [5.41, 5.74) is -0.761. The summed E-state index contributed by atoms with van der Waals surface area (Å²) < 4.78 is 47.3. The van der Waals surface area contributed by atoms with Crippen molar-refractivity contribution in [2.45, 2.75) is 31.9 Å². The number of carbonyl (C=O) groups is 1. The molecule has 12 heteroatoms. The number of rotatable bonds is 6. The average molecular weight is 497 g/mol. The summed E-state index contributed by atoms with van der Waals surface area (Å²) >= 11 is 0. The molecule has 1 aliphatic carbocycles. The Morgan fingerprint density at radius 3 is 2.61 bits per heavy atom. The van der Waals surface area contributed by atoms with E-state index in [2.05, 4.69) is 15.4 Å². The third kappa shape index (κ3) is 4.57. The zero-order valence-electron chi connectivity index (χ0n) is 18.7. The number of nitrogens with zero attached hydrogens (tertiary/aromatic N) is 4. The molecule has 5 rings (SSSR count). The molecule has 2 heterocycles. The lowest BCUT2D eigenvalue weighted by atomic mass is 10.2. The van der Waals surface area contributed by atoms with Crippen molar-refractivity contribution in [2.75, 3.05) is 5.32 Å². The number of hydrogen-bond donors (Lipinski definition) is 1. The van der Waals surface area contributed by atoms with Crippen LogP contribution in [0.1, 0.15) is 46.1 Å². The van der Waals surface area contributed by atoms with Crippen molar-refractivity contribution in [3.8, 4) is 11.5 Å². The Labute approximate surface area is 201 Å². The standard InChI is InChI=1S/C24H18F3N5O4/c1-13-4-2-3-5-20(13)36-17-9-15(8-16(10-17)32(34)35)29-23(33)18-12-28-31-21(24(25,26)27)11-19(14-6-7-14)30-22(18)31/h2-5,8-12,14H,6-7H2,1H3,(H,29,33). The smallest absolute Gasteiger partial charge is 0.433 e. The molecule has 1 aliphatic rings. The van der Waals surface area contributed by atoms with E-state index in [1.807, 2.05) is 6.07 Å². The van der Waals surface area contributed by atoms with Gasteiger partial charge in [-0.05, 0) is 37.5 Å². The maximum atomic E-state index is 13.6. The average Bonchev–Trinajstić information content (AvgIpc) is 3.58. The molecule has 2 aromatic carbocycles. The minimum Gasteiger partial charge on any atom is -0.457 e. The molecule has 0 unspecified atom stereocenters. The Morgan fingerprint density at radius 1 is 1.19 bits per heavy atom. The Balaban J connectivity index is 1.50. The van der Waals surface area contributed by atoms with Crippen LogP contribution in [0.5, 0.6) is 11.5 Å². The van der Waals surface area contributed by atoms with Gasteiger partial charge in [-0.3, -0.25) is 14.9 Å². The molecule has 1 N–H and O–H groups in total. The van der Waals surface area contributed by atoms with Crippen LogP contribution in [0.2, 0.25) is 0 Å². The highest BCUT2D eigenvalue weighted by Gasteiger charge is 2.38. The highest BCUT2D eigenvalue weighted by Crippen LogP contribution is 2.41. The van der Waals surface area contributed by atoms with Crippen LogP contribution >= 0.6 is 0 Å². The minimum absolute atomic E-state index is 0.0199. The van der Waals surface area contributed by atoms with Gasteiger partial charge in [0.2, 0.25) is 0 Å². The summed E-state index contributed by atoms with van der Waals surface area (Å²) in [4.78, 5) is 28.1. The van der Waals surface area contributed by atoms with E-state index >= 15 is 0 Å². The number of nitro groups is 1. The second-order valence-electron chi connectivity index (χ2n) is 8.43. The second-order valence-corrected chi connectivity index (χ2v) is 8.43. The van der Waals surface area contributed by atoms with Crippen LogP contribution in [0.3, 0.4) is 0 Å². The third-order valence-electron chi connectivity index (χ3n) is 5.70. The Hall–Kier alpha value is -4.48. The van der Waals surface area contributed by atoms with Gasteiger partial charge in [0.1, 0.15) is 22.8 Å². The molecular weight excluding hydrogens is 479 g/mol. The number of non-ortho nitro benzene ring substituents is 1. The third-order valence-corrected chi connectivity index (χ3v) is 5.70. The van der Waals surface area contributed by atoms with E-state index in [4.69, 9.17) is 4.74 Å². The molecule has 0 aliphatic heterocycles. The first-order valence-corrected chi connectivity index (χ1v) is 10.9. The number of fused-ring (bicyclic) bond motifs is 1. The Bertz CT molecular complexity index is 1510. The lowest BCUT2D eigenvalue weighted by Gasteiger charge is -2.12. The first-order valence-electron chi connectivity index (χ1n) is 10.9. The fourth-order valence-electron chi connectivity index (χ4n) is 3.75. The molecule has 0 saturated heterocycles. The molecule has 4 aromatic rings. The van der Waals surface area contributed by atoms with E-state index < -0.39 is 22.7 Å². The second kappa shape index (κ2) is 8.63. The summed E-state index contributed by atoms with van der Waals surface area (Å²) in [7, 11) is 0. The van der Waals surface area contributed by atoms with Gasteiger partial charge >= 0.3 is 6.18 Å². The minimum atomic E-state index is -4.70. The number of hydrogen-bond acceptors (Lipinski definition) is 6. The predicted octanol–water partition coefficient (Wildman–Crippen LogP) is 5.89. The topological polar surface area (TPSA) is 112 Å². The highest BCUT2D eigenvalue weighted by molar-refractivity contribution is 6.08.